The van der Waals surface area contributed by atoms with Crippen LogP contribution >= 0.6 is 0 Å². The molecule has 0 spiro atoms. The van der Waals surface area contributed by atoms with Crippen LogP contribution in [0.25, 0.3) is 6.08 Å². The van der Waals surface area contributed by atoms with Crippen molar-refractivity contribution < 1.29 is 19.1 Å². The number of rotatable bonds is 7. The smallest absolute Gasteiger partial charge is 0.331 e. The van der Waals surface area contributed by atoms with E-state index >= 15 is 0 Å². The summed E-state index contributed by atoms with van der Waals surface area (Å²) in [6.07, 6.45) is 2.88. The highest BCUT2D eigenvalue weighted by Gasteiger charge is 2.07. The van der Waals surface area contributed by atoms with Crippen LogP contribution in [0.4, 0.5) is 5.69 Å². The van der Waals surface area contributed by atoms with Crippen molar-refractivity contribution in [3.63, 3.8) is 0 Å². The van der Waals surface area contributed by atoms with Gasteiger partial charge in [-0.1, -0.05) is 36.4 Å². The Morgan fingerprint density at radius 2 is 1.80 bits per heavy atom. The average Bonchev–Trinajstić information content (AvgIpc) is 2.61. The highest BCUT2D eigenvalue weighted by molar-refractivity contribution is 5.95. The molecule has 130 valence electrons. The maximum Gasteiger partial charge on any atom is 0.331 e. The van der Waals surface area contributed by atoms with Gasteiger partial charge in [-0.25, -0.2) is 4.79 Å². The van der Waals surface area contributed by atoms with Gasteiger partial charge in [0.2, 0.25) is 0 Å². The van der Waals surface area contributed by atoms with Crippen molar-refractivity contribution in [1.82, 2.24) is 0 Å². The molecular weight excluding hydrogens is 318 g/mol. The molecule has 5 nitrogen and oxygen atoms in total. The van der Waals surface area contributed by atoms with Crippen LogP contribution < -0.4 is 10.1 Å². The van der Waals surface area contributed by atoms with Gasteiger partial charge in [-0.05, 0) is 37.6 Å². The lowest BCUT2D eigenvalue weighted by Gasteiger charge is -2.08. The van der Waals surface area contributed by atoms with Crippen molar-refractivity contribution in [2.45, 2.75) is 13.8 Å². The quantitative estimate of drug-likeness (QED) is 0.618. The van der Waals surface area contributed by atoms with Crippen LogP contribution in [-0.2, 0) is 14.3 Å². The number of amides is 1. The first kappa shape index (κ1) is 18.3. The number of carbonyl (C=O) groups is 2. The molecule has 2 aromatic carbocycles. The van der Waals surface area contributed by atoms with Gasteiger partial charge < -0.3 is 14.8 Å². The van der Waals surface area contributed by atoms with Crippen LogP contribution in [0.1, 0.15) is 18.1 Å². The van der Waals surface area contributed by atoms with Crippen molar-refractivity contribution in [1.29, 1.82) is 0 Å². The van der Waals surface area contributed by atoms with Gasteiger partial charge in [0, 0.05) is 17.3 Å². The van der Waals surface area contributed by atoms with Gasteiger partial charge in [0.1, 0.15) is 5.75 Å². The molecule has 0 heterocycles. The van der Waals surface area contributed by atoms with Gasteiger partial charge >= 0.3 is 5.97 Å². The summed E-state index contributed by atoms with van der Waals surface area (Å²) in [6, 6.07) is 14.8. The number of carbonyl (C=O) groups excluding carboxylic acids is 2. The zero-order chi connectivity index (χ0) is 18.1. The molecule has 0 fully saturated rings. The van der Waals surface area contributed by atoms with Gasteiger partial charge in [-0.3, -0.25) is 4.79 Å². The monoisotopic (exact) mass is 339 g/mol. The number of aryl methyl sites for hydroxylation is 1. The lowest BCUT2D eigenvalue weighted by atomic mass is 10.2. The fraction of sp³-hybridized carbons (Fsp3) is 0.200. The summed E-state index contributed by atoms with van der Waals surface area (Å²) in [5.74, 6) is -0.289. The predicted molar refractivity (Wildman–Crippen MR) is 97.4 cm³/mol. The molecule has 2 aromatic rings. The SMILES string of the molecule is CCOc1ccccc1/C=C/C(=O)OCC(=O)Nc1ccccc1C. The van der Waals surface area contributed by atoms with Crippen LogP contribution in [0, 0.1) is 6.92 Å². The minimum Gasteiger partial charge on any atom is -0.493 e. The summed E-state index contributed by atoms with van der Waals surface area (Å²) in [5.41, 5.74) is 2.41. The maximum absolute atomic E-state index is 11.9. The lowest BCUT2D eigenvalue weighted by molar-refractivity contribution is -0.142. The molecule has 2 rings (SSSR count). The van der Waals surface area contributed by atoms with Gasteiger partial charge in [0.05, 0.1) is 6.61 Å². The second-order valence-electron chi connectivity index (χ2n) is 5.27. The largest absolute Gasteiger partial charge is 0.493 e. The third kappa shape index (κ3) is 5.80. The van der Waals surface area contributed by atoms with Crippen molar-refractivity contribution in [2.24, 2.45) is 0 Å². The van der Waals surface area contributed by atoms with E-state index in [1.807, 2.05) is 56.3 Å². The van der Waals surface area contributed by atoms with Gasteiger partial charge in [0.25, 0.3) is 5.91 Å². The molecule has 0 bridgehead atoms. The van der Waals surface area contributed by atoms with E-state index < -0.39 is 5.97 Å². The van der Waals surface area contributed by atoms with Gasteiger partial charge in [0.15, 0.2) is 6.61 Å². The van der Waals surface area contributed by atoms with Crippen LogP contribution in [-0.4, -0.2) is 25.1 Å². The van der Waals surface area contributed by atoms with E-state index in [4.69, 9.17) is 9.47 Å². The Morgan fingerprint density at radius 3 is 2.56 bits per heavy atom. The van der Waals surface area contributed by atoms with Crippen LogP contribution in [0.3, 0.4) is 0 Å². The second kappa shape index (κ2) is 9.27. The molecule has 0 saturated heterocycles. The minimum atomic E-state index is -0.591. The minimum absolute atomic E-state index is 0.343. The first-order valence-electron chi connectivity index (χ1n) is 8.02. The first-order chi connectivity index (χ1) is 12.1. The number of ether oxygens (including phenoxy) is 2. The Kier molecular flexibility index (Phi) is 6.77. The molecular formula is C20H21NO4. The Balaban J connectivity index is 1.86. The molecule has 0 aliphatic heterocycles. The molecule has 1 N–H and O–H groups in total. The van der Waals surface area contributed by atoms with E-state index in [0.717, 1.165) is 11.1 Å². The van der Waals surface area contributed by atoms with Crippen molar-refractivity contribution >= 4 is 23.6 Å². The van der Waals surface area contributed by atoms with Crippen molar-refractivity contribution in [3.05, 3.63) is 65.7 Å². The predicted octanol–water partition coefficient (Wildman–Crippen LogP) is 3.59. The molecule has 1 amide bonds. The summed E-state index contributed by atoms with van der Waals surface area (Å²) in [5, 5.41) is 2.70. The van der Waals surface area contributed by atoms with Crippen LogP contribution in [0.2, 0.25) is 0 Å². The van der Waals surface area contributed by atoms with Crippen LogP contribution in [0.15, 0.2) is 54.6 Å². The molecule has 0 atom stereocenters. The number of esters is 1. The Labute approximate surface area is 147 Å². The topological polar surface area (TPSA) is 64.6 Å². The number of anilines is 1. The standard InChI is InChI=1S/C20H21NO4/c1-3-24-18-11-7-5-9-16(18)12-13-20(23)25-14-19(22)21-17-10-6-4-8-15(17)2/h4-13H,3,14H2,1-2H3,(H,21,22)/b13-12+. The molecule has 25 heavy (non-hydrogen) atoms. The lowest BCUT2D eigenvalue weighted by Crippen LogP contribution is -2.20. The normalized spacial score (nSPS) is 10.5. The highest BCUT2D eigenvalue weighted by Crippen LogP contribution is 2.19. The number of hydrogen-bond donors (Lipinski definition) is 1. The average molecular weight is 339 g/mol. The summed E-state index contributed by atoms with van der Waals surface area (Å²) in [4.78, 5) is 23.6. The first-order valence-corrected chi connectivity index (χ1v) is 8.02. The molecule has 0 aliphatic rings. The third-order valence-corrected chi connectivity index (χ3v) is 3.38. The zero-order valence-corrected chi connectivity index (χ0v) is 14.3. The third-order valence-electron chi connectivity index (χ3n) is 3.38. The van der Waals surface area contributed by atoms with Crippen molar-refractivity contribution in [3.8, 4) is 5.75 Å². The number of benzene rings is 2. The van der Waals surface area contributed by atoms with E-state index in [9.17, 15) is 9.59 Å². The number of nitrogens with one attached hydrogen (secondary N) is 1. The Hall–Kier alpha value is -3.08. The van der Waals surface area contributed by atoms with Crippen LogP contribution in [0.5, 0.6) is 5.75 Å². The van der Waals surface area contributed by atoms with Gasteiger partial charge in [-0.15, -0.1) is 0 Å². The number of hydrogen-bond acceptors (Lipinski definition) is 4. The molecule has 0 unspecified atom stereocenters. The number of para-hydroxylation sites is 2. The van der Waals surface area contributed by atoms with E-state index in [0.29, 0.717) is 18.0 Å². The van der Waals surface area contributed by atoms with E-state index in [1.54, 1.807) is 12.1 Å². The van der Waals surface area contributed by atoms with E-state index in [-0.39, 0.29) is 12.5 Å². The molecule has 0 radical (unpaired) electrons. The summed E-state index contributed by atoms with van der Waals surface area (Å²) in [6.45, 7) is 3.97. The molecule has 0 saturated carbocycles. The summed E-state index contributed by atoms with van der Waals surface area (Å²) >= 11 is 0. The molecule has 5 heteroatoms. The summed E-state index contributed by atoms with van der Waals surface area (Å²) < 4.78 is 10.4. The second-order valence-corrected chi connectivity index (χ2v) is 5.27. The highest BCUT2D eigenvalue weighted by atomic mass is 16.5. The molecule has 0 aliphatic carbocycles. The summed E-state index contributed by atoms with van der Waals surface area (Å²) in [7, 11) is 0. The van der Waals surface area contributed by atoms with E-state index in [2.05, 4.69) is 5.32 Å². The van der Waals surface area contributed by atoms with Crippen molar-refractivity contribution in [2.75, 3.05) is 18.5 Å². The fourth-order valence-electron chi connectivity index (χ4n) is 2.15. The van der Waals surface area contributed by atoms with Gasteiger partial charge in [-0.2, -0.15) is 0 Å². The maximum atomic E-state index is 11.9. The van der Waals surface area contributed by atoms with E-state index in [1.165, 1.54) is 6.08 Å². The Bertz CT molecular complexity index is 768. The Morgan fingerprint density at radius 1 is 1.08 bits per heavy atom. The molecule has 0 aromatic heterocycles. The zero-order valence-electron chi connectivity index (χ0n) is 14.3. The fourth-order valence-corrected chi connectivity index (χ4v) is 2.15.